The van der Waals surface area contributed by atoms with Gasteiger partial charge in [-0.3, -0.25) is 10.1 Å². The van der Waals surface area contributed by atoms with E-state index in [4.69, 9.17) is 9.84 Å². The number of rotatable bonds is 3. The van der Waals surface area contributed by atoms with E-state index >= 15 is 0 Å². The second kappa shape index (κ2) is 6.74. The van der Waals surface area contributed by atoms with E-state index in [1.807, 2.05) is 23.2 Å². The Morgan fingerprint density at radius 3 is 2.48 bits per heavy atom. The van der Waals surface area contributed by atoms with Crippen LogP contribution in [0.2, 0.25) is 0 Å². The third-order valence-corrected chi connectivity index (χ3v) is 5.47. The lowest BCUT2D eigenvalue weighted by molar-refractivity contribution is -0.384. The molecule has 29 heavy (non-hydrogen) atoms. The average molecular weight is 385 g/mol. The van der Waals surface area contributed by atoms with Crippen LogP contribution in [0.5, 0.6) is 5.75 Å². The molecule has 2 aliphatic rings. The van der Waals surface area contributed by atoms with Gasteiger partial charge in [-0.05, 0) is 30.7 Å². The molecule has 0 radical (unpaired) electrons. The molecule has 3 aromatic rings. The monoisotopic (exact) mass is 385 g/mol. The summed E-state index contributed by atoms with van der Waals surface area (Å²) in [7, 11) is 0. The number of fused-ring (bicyclic) bond motifs is 3. The molecule has 6 nitrogen and oxygen atoms in total. The van der Waals surface area contributed by atoms with E-state index in [-0.39, 0.29) is 11.7 Å². The molecular weight excluding hydrogens is 366 g/mol. The molecule has 0 N–H and O–H groups in total. The summed E-state index contributed by atoms with van der Waals surface area (Å²) in [5.74, 6) is 0.831. The van der Waals surface area contributed by atoms with E-state index < -0.39 is 11.2 Å². The van der Waals surface area contributed by atoms with Crippen molar-refractivity contribution in [3.8, 4) is 5.75 Å². The van der Waals surface area contributed by atoms with Crippen molar-refractivity contribution in [2.75, 3.05) is 0 Å². The summed E-state index contributed by atoms with van der Waals surface area (Å²) in [6, 6.07) is 23.0. The van der Waals surface area contributed by atoms with Crippen LogP contribution in [0, 0.1) is 17.0 Å². The van der Waals surface area contributed by atoms with Crippen LogP contribution < -0.4 is 4.74 Å². The maximum atomic E-state index is 11.0. The average Bonchev–Trinajstić information content (AvgIpc) is 3.19. The molecule has 0 spiro atoms. The van der Waals surface area contributed by atoms with E-state index in [9.17, 15) is 10.1 Å². The predicted molar refractivity (Wildman–Crippen MR) is 110 cm³/mol. The molecule has 3 aromatic carbocycles. The number of hydrogen-bond donors (Lipinski definition) is 0. The minimum atomic E-state index is -0.432. The second-order valence-electron chi connectivity index (χ2n) is 7.37. The predicted octanol–water partition coefficient (Wildman–Crippen LogP) is 5.15. The van der Waals surface area contributed by atoms with E-state index in [1.54, 1.807) is 12.1 Å². The van der Waals surface area contributed by atoms with Gasteiger partial charge in [-0.2, -0.15) is 5.10 Å². The number of para-hydroxylation sites is 1. The number of nitro benzene ring substituents is 1. The van der Waals surface area contributed by atoms with Gasteiger partial charge in [0.15, 0.2) is 0 Å². The van der Waals surface area contributed by atoms with Crippen molar-refractivity contribution in [1.29, 1.82) is 0 Å². The Labute approximate surface area is 168 Å². The van der Waals surface area contributed by atoms with Gasteiger partial charge in [-0.25, -0.2) is 5.01 Å². The lowest BCUT2D eigenvalue weighted by Crippen LogP contribution is -2.33. The molecule has 144 valence electrons. The molecule has 5 rings (SSSR count). The van der Waals surface area contributed by atoms with Crippen LogP contribution in [0.4, 0.5) is 5.69 Å². The first kappa shape index (κ1) is 17.4. The molecule has 0 aliphatic carbocycles. The number of ether oxygens (including phenoxy) is 1. The maximum absolute atomic E-state index is 11.0. The van der Waals surface area contributed by atoms with Crippen molar-refractivity contribution < 1.29 is 9.66 Å². The molecule has 0 unspecified atom stereocenters. The summed E-state index contributed by atoms with van der Waals surface area (Å²) in [5.41, 5.74) is 5.34. The van der Waals surface area contributed by atoms with Crippen LogP contribution in [-0.4, -0.2) is 15.6 Å². The summed E-state index contributed by atoms with van der Waals surface area (Å²) in [5, 5.41) is 17.9. The number of benzene rings is 3. The van der Waals surface area contributed by atoms with E-state index in [0.717, 1.165) is 34.6 Å². The topological polar surface area (TPSA) is 68.0 Å². The van der Waals surface area contributed by atoms with Gasteiger partial charge in [0.05, 0.1) is 16.7 Å². The van der Waals surface area contributed by atoms with Crippen LogP contribution in [-0.2, 0) is 0 Å². The standard InChI is InChI=1S/C23H19N3O3/c1-15-6-8-16(9-7-15)20-14-21-19-4-2-3-5-22(19)29-23(25(21)24-20)17-10-12-18(13-11-17)26(27)28/h2-13,21,23H,14H2,1H3/t21-,23-/m1/s1. The first-order valence-corrected chi connectivity index (χ1v) is 9.53. The Bertz CT molecular complexity index is 1110. The molecule has 2 heterocycles. The van der Waals surface area contributed by atoms with Crippen molar-refractivity contribution in [1.82, 2.24) is 5.01 Å². The van der Waals surface area contributed by atoms with E-state index in [2.05, 4.69) is 37.3 Å². The second-order valence-corrected chi connectivity index (χ2v) is 7.37. The van der Waals surface area contributed by atoms with Gasteiger partial charge in [-0.15, -0.1) is 0 Å². The molecule has 0 saturated carbocycles. The number of hydrazone groups is 1. The zero-order valence-corrected chi connectivity index (χ0v) is 15.9. The van der Waals surface area contributed by atoms with Crippen LogP contribution in [0.3, 0.4) is 0 Å². The third-order valence-electron chi connectivity index (χ3n) is 5.47. The SMILES string of the molecule is Cc1ccc(C2=NN3[C@H](C2)c2ccccc2O[C@@H]3c2ccc([N+](=O)[O-])cc2)cc1. The smallest absolute Gasteiger partial charge is 0.269 e. The van der Waals surface area contributed by atoms with Crippen molar-refractivity contribution in [3.63, 3.8) is 0 Å². The van der Waals surface area contributed by atoms with Crippen LogP contribution in [0.25, 0.3) is 0 Å². The lowest BCUT2D eigenvalue weighted by atomic mass is 9.95. The third kappa shape index (κ3) is 3.02. The summed E-state index contributed by atoms with van der Waals surface area (Å²) in [6.45, 7) is 2.07. The molecule has 0 aromatic heterocycles. The summed E-state index contributed by atoms with van der Waals surface area (Å²) >= 11 is 0. The van der Waals surface area contributed by atoms with Crippen molar-refractivity contribution >= 4 is 11.4 Å². The van der Waals surface area contributed by atoms with Gasteiger partial charge in [-0.1, -0.05) is 48.0 Å². The molecule has 2 aliphatic heterocycles. The first-order valence-electron chi connectivity index (χ1n) is 9.53. The van der Waals surface area contributed by atoms with Gasteiger partial charge in [0.25, 0.3) is 5.69 Å². The Kier molecular flexibility index (Phi) is 4.05. The summed E-state index contributed by atoms with van der Waals surface area (Å²) in [4.78, 5) is 10.6. The lowest BCUT2D eigenvalue weighted by Gasteiger charge is -2.38. The number of hydrogen-bond acceptors (Lipinski definition) is 5. The Hall–Kier alpha value is -3.67. The van der Waals surface area contributed by atoms with Crippen LogP contribution in [0.1, 0.15) is 40.9 Å². The minimum Gasteiger partial charge on any atom is -0.464 e. The number of aryl methyl sites for hydroxylation is 1. The van der Waals surface area contributed by atoms with E-state index in [1.165, 1.54) is 17.7 Å². The molecule has 0 saturated heterocycles. The van der Waals surface area contributed by atoms with Crippen molar-refractivity contribution in [2.24, 2.45) is 5.10 Å². The Balaban J connectivity index is 1.56. The fourth-order valence-electron chi connectivity index (χ4n) is 3.94. The highest BCUT2D eigenvalue weighted by Crippen LogP contribution is 2.47. The fraction of sp³-hybridized carbons (Fsp3) is 0.174. The molecule has 0 fully saturated rings. The zero-order valence-electron chi connectivity index (χ0n) is 15.9. The Morgan fingerprint density at radius 2 is 1.76 bits per heavy atom. The normalized spacial score (nSPS) is 19.8. The summed E-state index contributed by atoms with van der Waals surface area (Å²) < 4.78 is 6.28. The zero-order chi connectivity index (χ0) is 20.0. The fourth-order valence-corrected chi connectivity index (χ4v) is 3.94. The molecular formula is C23H19N3O3. The summed E-state index contributed by atoms with van der Waals surface area (Å²) in [6.07, 6.45) is 0.353. The van der Waals surface area contributed by atoms with Gasteiger partial charge >= 0.3 is 0 Å². The van der Waals surface area contributed by atoms with Crippen molar-refractivity contribution in [3.05, 3.63) is 105 Å². The highest BCUT2D eigenvalue weighted by Gasteiger charge is 2.40. The molecule has 0 bridgehead atoms. The van der Waals surface area contributed by atoms with Gasteiger partial charge in [0.1, 0.15) is 5.75 Å². The highest BCUT2D eigenvalue weighted by molar-refractivity contribution is 6.02. The first-order chi connectivity index (χ1) is 14.1. The van der Waals surface area contributed by atoms with Gasteiger partial charge < -0.3 is 4.74 Å². The number of nitro groups is 1. The number of non-ortho nitro benzene ring substituents is 1. The maximum Gasteiger partial charge on any atom is 0.269 e. The Morgan fingerprint density at radius 1 is 1.03 bits per heavy atom. The van der Waals surface area contributed by atoms with Crippen LogP contribution >= 0.6 is 0 Å². The molecule has 0 amide bonds. The van der Waals surface area contributed by atoms with Gasteiger partial charge in [0.2, 0.25) is 6.23 Å². The van der Waals surface area contributed by atoms with Crippen molar-refractivity contribution in [2.45, 2.75) is 25.6 Å². The van der Waals surface area contributed by atoms with E-state index in [0.29, 0.717) is 0 Å². The molecule has 6 heteroatoms. The quantitative estimate of drug-likeness (QED) is 0.462. The number of nitrogens with zero attached hydrogens (tertiary/aromatic N) is 3. The van der Waals surface area contributed by atoms with Crippen LogP contribution in [0.15, 0.2) is 77.9 Å². The highest BCUT2D eigenvalue weighted by atomic mass is 16.6. The minimum absolute atomic E-state index is 0.0618. The largest absolute Gasteiger partial charge is 0.464 e. The molecule has 2 atom stereocenters. The van der Waals surface area contributed by atoms with Gasteiger partial charge in [0, 0.05) is 29.7 Å².